The molecule has 8 nitrogen and oxygen atoms in total. The minimum atomic E-state index is -4.13. The van der Waals surface area contributed by atoms with Crippen LogP contribution in [0.2, 0.25) is 10.0 Å². The number of halogens is 2. The van der Waals surface area contributed by atoms with Crippen molar-refractivity contribution in [1.29, 1.82) is 0 Å². The van der Waals surface area contributed by atoms with Gasteiger partial charge in [-0.3, -0.25) is 9.10 Å². The molecule has 3 aromatic rings. The number of sulfonamides is 1. The molecule has 0 spiro atoms. The van der Waals surface area contributed by atoms with Crippen molar-refractivity contribution in [2.24, 2.45) is 5.10 Å². The highest BCUT2D eigenvalue weighted by molar-refractivity contribution is 7.92. The second kappa shape index (κ2) is 10.8. The van der Waals surface area contributed by atoms with Crippen LogP contribution in [0.3, 0.4) is 0 Å². The second-order valence-corrected chi connectivity index (χ2v) is 9.91. The van der Waals surface area contributed by atoms with Gasteiger partial charge in [0, 0.05) is 10.0 Å². The summed E-state index contributed by atoms with van der Waals surface area (Å²) in [4.78, 5) is 12.6. The number of amides is 1. The molecule has 0 bridgehead atoms. The fourth-order valence-electron chi connectivity index (χ4n) is 2.95. The lowest BCUT2D eigenvalue weighted by Gasteiger charge is -2.24. The van der Waals surface area contributed by atoms with E-state index in [9.17, 15) is 18.3 Å². The maximum Gasteiger partial charge on any atom is 0.264 e. The van der Waals surface area contributed by atoms with E-state index in [1.807, 2.05) is 6.92 Å². The van der Waals surface area contributed by atoms with E-state index in [1.54, 1.807) is 18.2 Å². The minimum absolute atomic E-state index is 0.00156. The van der Waals surface area contributed by atoms with Gasteiger partial charge in [-0.1, -0.05) is 40.9 Å². The number of aromatic hydroxyl groups is 1. The van der Waals surface area contributed by atoms with Crippen LogP contribution >= 0.6 is 23.2 Å². The third kappa shape index (κ3) is 6.19. The SMILES string of the molecule is COc1cc(/C=N\NC(=O)CN(c2cc(Cl)cc(Cl)c2)S(=O)(=O)c2ccc(C)cc2)ccc1O. The molecule has 0 saturated heterocycles. The first-order valence-electron chi connectivity index (χ1n) is 9.84. The molecule has 0 heterocycles. The normalized spacial score (nSPS) is 11.4. The maximum atomic E-state index is 13.4. The number of ether oxygens (including phenoxy) is 1. The predicted octanol–water partition coefficient (Wildman–Crippen LogP) is 4.36. The summed E-state index contributed by atoms with van der Waals surface area (Å²) in [5.41, 5.74) is 3.85. The van der Waals surface area contributed by atoms with E-state index < -0.39 is 22.5 Å². The van der Waals surface area contributed by atoms with Crippen LogP contribution in [0, 0.1) is 6.92 Å². The number of carbonyl (C=O) groups excluding carboxylic acids is 1. The number of benzene rings is 3. The standard InChI is InChI=1S/C23H21Cl2N3O5S/c1-15-3-6-20(7-4-15)34(31,32)28(19-11-17(24)10-18(25)12-19)14-23(30)27-26-13-16-5-8-21(29)22(9-16)33-2/h3-13,29H,14H2,1-2H3,(H,27,30)/b26-13-. The number of methoxy groups -OCH3 is 1. The highest BCUT2D eigenvalue weighted by atomic mass is 35.5. The molecule has 2 N–H and O–H groups in total. The molecule has 3 rings (SSSR count). The van der Waals surface area contributed by atoms with Gasteiger partial charge in [0.2, 0.25) is 0 Å². The average molecular weight is 522 g/mol. The predicted molar refractivity (Wildman–Crippen MR) is 133 cm³/mol. The first-order valence-corrected chi connectivity index (χ1v) is 12.0. The fourth-order valence-corrected chi connectivity index (χ4v) is 4.87. The number of hydrogen-bond donors (Lipinski definition) is 2. The van der Waals surface area contributed by atoms with Crippen molar-refractivity contribution in [2.45, 2.75) is 11.8 Å². The summed E-state index contributed by atoms with van der Waals surface area (Å²) < 4.78 is 32.7. The lowest BCUT2D eigenvalue weighted by molar-refractivity contribution is -0.119. The van der Waals surface area contributed by atoms with Crippen molar-refractivity contribution < 1.29 is 23.1 Å². The number of phenolic OH excluding ortho intramolecular Hbond substituents is 1. The number of nitrogens with one attached hydrogen (secondary N) is 1. The van der Waals surface area contributed by atoms with Crippen molar-refractivity contribution in [3.63, 3.8) is 0 Å². The summed E-state index contributed by atoms with van der Waals surface area (Å²) in [6.45, 7) is 1.25. The Hall–Kier alpha value is -3.27. The quantitative estimate of drug-likeness (QED) is 0.338. The molecule has 1 amide bonds. The molecule has 34 heavy (non-hydrogen) atoms. The summed E-state index contributed by atoms with van der Waals surface area (Å²) in [7, 11) is -2.73. The van der Waals surface area contributed by atoms with Gasteiger partial charge in [0.1, 0.15) is 6.54 Å². The number of phenols is 1. The van der Waals surface area contributed by atoms with Crippen molar-refractivity contribution in [2.75, 3.05) is 18.0 Å². The Morgan fingerprint density at radius 3 is 2.35 bits per heavy atom. The van der Waals surface area contributed by atoms with Crippen LogP contribution in [0.4, 0.5) is 5.69 Å². The number of anilines is 1. The number of hydrogen-bond acceptors (Lipinski definition) is 6. The van der Waals surface area contributed by atoms with E-state index in [-0.39, 0.29) is 32.1 Å². The zero-order chi connectivity index (χ0) is 24.9. The van der Waals surface area contributed by atoms with Crippen LogP contribution in [-0.4, -0.2) is 39.3 Å². The van der Waals surface area contributed by atoms with Crippen LogP contribution in [-0.2, 0) is 14.8 Å². The number of nitrogens with zero attached hydrogens (tertiary/aromatic N) is 2. The highest BCUT2D eigenvalue weighted by Gasteiger charge is 2.27. The Morgan fingerprint density at radius 2 is 1.74 bits per heavy atom. The number of rotatable bonds is 8. The highest BCUT2D eigenvalue weighted by Crippen LogP contribution is 2.30. The zero-order valence-electron chi connectivity index (χ0n) is 18.2. The van der Waals surface area contributed by atoms with Crippen LogP contribution in [0.5, 0.6) is 11.5 Å². The van der Waals surface area contributed by atoms with Gasteiger partial charge < -0.3 is 9.84 Å². The number of hydrazone groups is 1. The van der Waals surface area contributed by atoms with E-state index in [0.29, 0.717) is 5.56 Å². The van der Waals surface area contributed by atoms with Crippen molar-refractivity contribution in [3.05, 3.63) is 81.8 Å². The smallest absolute Gasteiger partial charge is 0.264 e. The van der Waals surface area contributed by atoms with Crippen LogP contribution in [0.15, 0.2) is 70.7 Å². The molecule has 0 radical (unpaired) electrons. The van der Waals surface area contributed by atoms with Gasteiger partial charge in [0.05, 0.1) is 23.9 Å². The topological polar surface area (TPSA) is 108 Å². The molecule has 0 aromatic heterocycles. The maximum absolute atomic E-state index is 13.4. The number of aryl methyl sites for hydroxylation is 1. The summed E-state index contributed by atoms with van der Waals surface area (Å²) in [5.74, 6) is -0.502. The van der Waals surface area contributed by atoms with Crippen LogP contribution in [0.1, 0.15) is 11.1 Å². The largest absolute Gasteiger partial charge is 0.504 e. The summed E-state index contributed by atoms with van der Waals surface area (Å²) in [6.07, 6.45) is 1.33. The molecule has 11 heteroatoms. The average Bonchev–Trinajstić information content (AvgIpc) is 2.78. The van der Waals surface area contributed by atoms with E-state index >= 15 is 0 Å². The van der Waals surface area contributed by atoms with Gasteiger partial charge >= 0.3 is 0 Å². The molecule has 0 aliphatic carbocycles. The summed E-state index contributed by atoms with van der Waals surface area (Å²) >= 11 is 12.2. The van der Waals surface area contributed by atoms with Gasteiger partial charge in [0.25, 0.3) is 15.9 Å². The van der Waals surface area contributed by atoms with E-state index in [1.165, 1.54) is 55.8 Å². The second-order valence-electron chi connectivity index (χ2n) is 7.18. The molecule has 0 atom stereocenters. The molecule has 0 aliphatic heterocycles. The van der Waals surface area contributed by atoms with Gasteiger partial charge in [-0.15, -0.1) is 0 Å². The molecule has 0 aliphatic rings. The molecule has 3 aromatic carbocycles. The Balaban J connectivity index is 1.86. The van der Waals surface area contributed by atoms with Gasteiger partial charge in [0.15, 0.2) is 11.5 Å². The minimum Gasteiger partial charge on any atom is -0.504 e. The number of carbonyl (C=O) groups is 1. The van der Waals surface area contributed by atoms with Gasteiger partial charge in [-0.05, 0) is 61.0 Å². The molecule has 178 valence electrons. The Morgan fingerprint density at radius 1 is 1.09 bits per heavy atom. The van der Waals surface area contributed by atoms with Crippen LogP contribution < -0.4 is 14.5 Å². The molecular formula is C23H21Cl2N3O5S. The molecule has 0 saturated carbocycles. The van der Waals surface area contributed by atoms with Gasteiger partial charge in [-0.2, -0.15) is 5.10 Å². The zero-order valence-corrected chi connectivity index (χ0v) is 20.5. The van der Waals surface area contributed by atoms with Crippen molar-refractivity contribution in [1.82, 2.24) is 5.43 Å². The van der Waals surface area contributed by atoms with E-state index in [0.717, 1.165) is 9.87 Å². The summed E-state index contributed by atoms with van der Waals surface area (Å²) in [6, 6.07) is 15.0. The van der Waals surface area contributed by atoms with Crippen molar-refractivity contribution in [3.8, 4) is 11.5 Å². The monoisotopic (exact) mass is 521 g/mol. The van der Waals surface area contributed by atoms with Crippen molar-refractivity contribution >= 4 is 51.0 Å². The Bertz CT molecular complexity index is 1310. The van der Waals surface area contributed by atoms with E-state index in [4.69, 9.17) is 27.9 Å². The molecule has 0 unspecified atom stereocenters. The summed E-state index contributed by atoms with van der Waals surface area (Å²) in [5, 5.41) is 13.9. The lowest BCUT2D eigenvalue weighted by Crippen LogP contribution is -2.39. The third-order valence-electron chi connectivity index (χ3n) is 4.64. The third-order valence-corrected chi connectivity index (χ3v) is 6.86. The molecular weight excluding hydrogens is 501 g/mol. The fraction of sp³-hybridized carbons (Fsp3) is 0.130. The first-order chi connectivity index (χ1) is 16.1. The lowest BCUT2D eigenvalue weighted by atomic mass is 10.2. The van der Waals surface area contributed by atoms with Crippen LogP contribution in [0.25, 0.3) is 0 Å². The Labute approximate surface area is 207 Å². The molecule has 0 fully saturated rings. The first kappa shape index (κ1) is 25.4. The Kier molecular flexibility index (Phi) is 8.03. The van der Waals surface area contributed by atoms with E-state index in [2.05, 4.69) is 10.5 Å². The van der Waals surface area contributed by atoms with Gasteiger partial charge in [-0.25, -0.2) is 13.8 Å².